The fourth-order valence-corrected chi connectivity index (χ4v) is 1.93. The van der Waals surface area contributed by atoms with Crippen LogP contribution in [0, 0.1) is 0 Å². The van der Waals surface area contributed by atoms with Crippen molar-refractivity contribution >= 4 is 5.96 Å². The molecule has 1 aromatic carbocycles. The zero-order valence-corrected chi connectivity index (χ0v) is 12.4. The van der Waals surface area contributed by atoms with Crippen LogP contribution < -0.4 is 0 Å². The molecule has 2 aromatic rings. The standard InChI is InChI=1S/C15H20N4O/c1-18(2)15(19(3)4)16-10-13-11-20-14(17-13)12-8-6-5-7-9-12/h5-9,11H,10H2,1-4H3. The number of guanidine groups is 1. The first-order valence-corrected chi connectivity index (χ1v) is 6.47. The predicted octanol–water partition coefficient (Wildman–Crippen LogP) is 2.32. The number of hydrogen-bond acceptors (Lipinski definition) is 3. The summed E-state index contributed by atoms with van der Waals surface area (Å²) in [6, 6.07) is 9.85. The SMILES string of the molecule is CN(C)C(=NCc1coc(-c2ccccc2)n1)N(C)C. The summed E-state index contributed by atoms with van der Waals surface area (Å²) in [6.45, 7) is 0.502. The molecule has 5 heteroatoms. The van der Waals surface area contributed by atoms with Gasteiger partial charge < -0.3 is 14.2 Å². The molecule has 20 heavy (non-hydrogen) atoms. The molecule has 1 aromatic heterocycles. The van der Waals surface area contributed by atoms with Crippen LogP contribution in [-0.2, 0) is 6.54 Å². The highest BCUT2D eigenvalue weighted by Crippen LogP contribution is 2.18. The minimum absolute atomic E-state index is 0.502. The van der Waals surface area contributed by atoms with Crippen molar-refractivity contribution in [3.8, 4) is 11.5 Å². The van der Waals surface area contributed by atoms with Crippen LogP contribution in [-0.4, -0.2) is 48.9 Å². The predicted molar refractivity (Wildman–Crippen MR) is 80.5 cm³/mol. The number of oxazole rings is 1. The Labute approximate surface area is 119 Å². The van der Waals surface area contributed by atoms with Crippen LogP contribution in [0.2, 0.25) is 0 Å². The highest BCUT2D eigenvalue weighted by atomic mass is 16.3. The molecule has 0 saturated heterocycles. The van der Waals surface area contributed by atoms with Gasteiger partial charge in [0.25, 0.3) is 0 Å². The molecule has 0 unspecified atom stereocenters. The minimum Gasteiger partial charge on any atom is -0.444 e. The molecule has 0 N–H and O–H groups in total. The first-order chi connectivity index (χ1) is 9.58. The second-order valence-corrected chi connectivity index (χ2v) is 4.92. The second-order valence-electron chi connectivity index (χ2n) is 4.92. The van der Waals surface area contributed by atoms with Gasteiger partial charge in [0, 0.05) is 33.8 Å². The number of rotatable bonds is 3. The third-order valence-electron chi connectivity index (χ3n) is 2.75. The normalized spacial score (nSPS) is 10.2. The lowest BCUT2D eigenvalue weighted by atomic mass is 10.2. The number of hydrogen-bond donors (Lipinski definition) is 0. The maximum Gasteiger partial charge on any atom is 0.226 e. The van der Waals surface area contributed by atoms with Crippen LogP contribution in [0.15, 0.2) is 46.0 Å². The Hall–Kier alpha value is -2.30. The fraction of sp³-hybridized carbons (Fsp3) is 0.333. The largest absolute Gasteiger partial charge is 0.444 e. The van der Waals surface area contributed by atoms with Crippen molar-refractivity contribution in [1.82, 2.24) is 14.8 Å². The molecule has 0 atom stereocenters. The molecular formula is C15H20N4O. The Balaban J connectivity index is 2.12. The van der Waals surface area contributed by atoms with Crippen molar-refractivity contribution < 1.29 is 4.42 Å². The average molecular weight is 272 g/mol. The van der Waals surface area contributed by atoms with E-state index in [4.69, 9.17) is 4.42 Å². The van der Waals surface area contributed by atoms with Gasteiger partial charge in [0.15, 0.2) is 5.96 Å². The lowest BCUT2D eigenvalue weighted by Crippen LogP contribution is -2.35. The highest BCUT2D eigenvalue weighted by molar-refractivity contribution is 5.79. The quantitative estimate of drug-likeness (QED) is 0.635. The van der Waals surface area contributed by atoms with Gasteiger partial charge in [0.2, 0.25) is 5.89 Å². The third kappa shape index (κ3) is 3.38. The number of benzene rings is 1. The summed E-state index contributed by atoms with van der Waals surface area (Å²) in [5.41, 5.74) is 1.80. The van der Waals surface area contributed by atoms with Gasteiger partial charge in [-0.15, -0.1) is 0 Å². The van der Waals surface area contributed by atoms with Crippen molar-refractivity contribution in [2.24, 2.45) is 4.99 Å². The van der Waals surface area contributed by atoms with Crippen LogP contribution in [0.4, 0.5) is 0 Å². The van der Waals surface area contributed by atoms with E-state index in [0.29, 0.717) is 12.4 Å². The van der Waals surface area contributed by atoms with Crippen molar-refractivity contribution in [3.63, 3.8) is 0 Å². The van der Waals surface area contributed by atoms with E-state index >= 15 is 0 Å². The van der Waals surface area contributed by atoms with Crippen molar-refractivity contribution in [2.75, 3.05) is 28.2 Å². The Morgan fingerprint density at radius 1 is 1.10 bits per heavy atom. The zero-order valence-electron chi connectivity index (χ0n) is 12.4. The summed E-state index contributed by atoms with van der Waals surface area (Å²) in [5.74, 6) is 1.53. The molecule has 0 aliphatic rings. The van der Waals surface area contributed by atoms with Crippen LogP contribution >= 0.6 is 0 Å². The van der Waals surface area contributed by atoms with E-state index in [1.165, 1.54) is 0 Å². The van der Waals surface area contributed by atoms with Crippen molar-refractivity contribution in [1.29, 1.82) is 0 Å². The smallest absolute Gasteiger partial charge is 0.226 e. The van der Waals surface area contributed by atoms with Gasteiger partial charge in [0.1, 0.15) is 12.0 Å². The molecule has 0 aliphatic heterocycles. The van der Waals surface area contributed by atoms with Crippen LogP contribution in [0.25, 0.3) is 11.5 Å². The Morgan fingerprint density at radius 3 is 2.35 bits per heavy atom. The van der Waals surface area contributed by atoms with Crippen LogP contribution in [0.3, 0.4) is 0 Å². The van der Waals surface area contributed by atoms with Crippen LogP contribution in [0.5, 0.6) is 0 Å². The molecule has 1 heterocycles. The molecule has 0 amide bonds. The molecule has 0 fully saturated rings. The number of aliphatic imine (C=N–C) groups is 1. The summed E-state index contributed by atoms with van der Waals surface area (Å²) in [6.07, 6.45) is 1.66. The molecule has 0 aliphatic carbocycles. The molecule has 0 radical (unpaired) electrons. The van der Waals surface area contributed by atoms with Gasteiger partial charge in [0.05, 0.1) is 6.54 Å². The van der Waals surface area contributed by atoms with Crippen molar-refractivity contribution in [2.45, 2.75) is 6.54 Å². The molecule has 0 saturated carbocycles. The van der Waals surface area contributed by atoms with Crippen LogP contribution in [0.1, 0.15) is 5.69 Å². The summed E-state index contributed by atoms with van der Waals surface area (Å²) in [4.78, 5) is 12.9. The van der Waals surface area contributed by atoms with Gasteiger partial charge in [-0.25, -0.2) is 9.98 Å². The Morgan fingerprint density at radius 2 is 1.75 bits per heavy atom. The van der Waals surface area contributed by atoms with Gasteiger partial charge in [-0.05, 0) is 12.1 Å². The molecule has 0 bridgehead atoms. The zero-order chi connectivity index (χ0) is 14.5. The first kappa shape index (κ1) is 14.1. The fourth-order valence-electron chi connectivity index (χ4n) is 1.93. The number of aromatic nitrogens is 1. The van der Waals surface area contributed by atoms with Gasteiger partial charge >= 0.3 is 0 Å². The van der Waals surface area contributed by atoms with E-state index in [2.05, 4.69) is 9.98 Å². The summed E-state index contributed by atoms with van der Waals surface area (Å²) in [5, 5.41) is 0. The van der Waals surface area contributed by atoms with E-state index in [1.54, 1.807) is 6.26 Å². The van der Waals surface area contributed by atoms with E-state index in [0.717, 1.165) is 17.2 Å². The minimum atomic E-state index is 0.502. The molecule has 5 nitrogen and oxygen atoms in total. The molecule has 2 rings (SSSR count). The highest BCUT2D eigenvalue weighted by Gasteiger charge is 2.08. The summed E-state index contributed by atoms with van der Waals surface area (Å²) < 4.78 is 5.50. The lowest BCUT2D eigenvalue weighted by molar-refractivity contribution is 0.479. The first-order valence-electron chi connectivity index (χ1n) is 6.47. The Kier molecular flexibility index (Phi) is 4.40. The molecular weight excluding hydrogens is 252 g/mol. The Bertz CT molecular complexity index is 563. The van der Waals surface area contributed by atoms with E-state index in [9.17, 15) is 0 Å². The monoisotopic (exact) mass is 272 g/mol. The van der Waals surface area contributed by atoms with Crippen molar-refractivity contribution in [3.05, 3.63) is 42.3 Å². The van der Waals surface area contributed by atoms with Gasteiger partial charge in [-0.2, -0.15) is 0 Å². The van der Waals surface area contributed by atoms with Gasteiger partial charge in [-0.3, -0.25) is 0 Å². The maximum absolute atomic E-state index is 5.50. The topological polar surface area (TPSA) is 44.9 Å². The van der Waals surface area contributed by atoms with E-state index in [1.807, 2.05) is 68.3 Å². The number of nitrogens with zero attached hydrogens (tertiary/aromatic N) is 4. The maximum atomic E-state index is 5.50. The molecule has 106 valence electrons. The van der Waals surface area contributed by atoms with E-state index < -0.39 is 0 Å². The van der Waals surface area contributed by atoms with Gasteiger partial charge in [-0.1, -0.05) is 18.2 Å². The second kappa shape index (κ2) is 6.23. The molecule has 0 spiro atoms. The lowest BCUT2D eigenvalue weighted by Gasteiger charge is -2.22. The summed E-state index contributed by atoms with van der Waals surface area (Å²) >= 11 is 0. The average Bonchev–Trinajstić information content (AvgIpc) is 2.88. The summed E-state index contributed by atoms with van der Waals surface area (Å²) in [7, 11) is 7.88. The van der Waals surface area contributed by atoms with E-state index in [-0.39, 0.29) is 0 Å². The third-order valence-corrected chi connectivity index (χ3v) is 2.75.